The van der Waals surface area contributed by atoms with Crippen LogP contribution in [0.25, 0.3) is 22.2 Å². The zero-order chi connectivity index (χ0) is 25.8. The van der Waals surface area contributed by atoms with E-state index in [1.165, 1.54) is 0 Å². The lowest BCUT2D eigenvalue weighted by Crippen LogP contribution is -2.49. The van der Waals surface area contributed by atoms with Crippen molar-refractivity contribution in [3.63, 3.8) is 0 Å². The van der Waals surface area contributed by atoms with Crippen molar-refractivity contribution in [1.82, 2.24) is 9.88 Å². The number of aromatic nitrogens is 1. The molecule has 0 aliphatic carbocycles. The third kappa shape index (κ3) is 4.89. The summed E-state index contributed by atoms with van der Waals surface area (Å²) in [5, 5.41) is 0.848. The quantitative estimate of drug-likeness (QED) is 0.346. The van der Waals surface area contributed by atoms with Crippen molar-refractivity contribution in [2.45, 2.75) is 6.92 Å². The maximum absolute atomic E-state index is 13.8. The van der Waals surface area contributed by atoms with E-state index in [2.05, 4.69) is 11.0 Å². The highest BCUT2D eigenvalue weighted by Crippen LogP contribution is 2.34. The summed E-state index contributed by atoms with van der Waals surface area (Å²) in [4.78, 5) is 22.9. The molecule has 7 heteroatoms. The van der Waals surface area contributed by atoms with E-state index < -0.39 is 0 Å². The summed E-state index contributed by atoms with van der Waals surface area (Å²) in [6.45, 7) is 5.34. The zero-order valence-corrected chi connectivity index (χ0v) is 21.4. The number of methoxy groups -OCH3 is 2. The molecule has 2 heterocycles. The molecule has 0 N–H and O–H groups in total. The highest BCUT2D eigenvalue weighted by Gasteiger charge is 2.25. The summed E-state index contributed by atoms with van der Waals surface area (Å²) < 4.78 is 16.7. The number of benzene rings is 3. The van der Waals surface area contributed by atoms with Gasteiger partial charge >= 0.3 is 0 Å². The van der Waals surface area contributed by atoms with Gasteiger partial charge in [0.1, 0.15) is 5.75 Å². The van der Waals surface area contributed by atoms with Crippen LogP contribution in [0, 0.1) is 0 Å². The maximum atomic E-state index is 13.8. The Morgan fingerprint density at radius 2 is 1.57 bits per heavy atom. The maximum Gasteiger partial charge on any atom is 0.254 e. The van der Waals surface area contributed by atoms with Crippen LogP contribution in [-0.2, 0) is 0 Å². The van der Waals surface area contributed by atoms with Gasteiger partial charge in [-0.05, 0) is 49.4 Å². The van der Waals surface area contributed by atoms with Crippen molar-refractivity contribution in [3.8, 4) is 28.5 Å². The fourth-order valence-electron chi connectivity index (χ4n) is 4.81. The number of rotatable bonds is 7. The molecule has 0 radical (unpaired) electrons. The summed E-state index contributed by atoms with van der Waals surface area (Å²) in [5.74, 6) is 2.15. The fourth-order valence-corrected chi connectivity index (χ4v) is 4.81. The number of para-hydroxylation sites is 3. The SMILES string of the molecule is CCOc1ccccc1N1CCN(C(=O)c2cc(-c3ccc(OC)c(OC)c3)nc3ccccc23)CC1. The molecule has 0 unspecified atom stereocenters. The van der Waals surface area contributed by atoms with Crippen LogP contribution in [0.4, 0.5) is 5.69 Å². The molecule has 1 amide bonds. The molecule has 1 aromatic heterocycles. The average molecular weight is 498 g/mol. The standard InChI is InChI=1S/C30H31N3O4/c1-4-37-27-12-8-7-11-26(27)32-15-17-33(18-16-32)30(34)23-20-25(31-24-10-6-5-9-22(23)24)21-13-14-28(35-2)29(19-21)36-3/h5-14,19-20H,4,15-18H2,1-3H3. The van der Waals surface area contributed by atoms with E-state index in [-0.39, 0.29) is 5.91 Å². The zero-order valence-electron chi connectivity index (χ0n) is 21.4. The van der Waals surface area contributed by atoms with Crippen LogP contribution in [-0.4, -0.2) is 62.8 Å². The highest BCUT2D eigenvalue weighted by atomic mass is 16.5. The van der Waals surface area contributed by atoms with E-state index in [0.717, 1.165) is 41.0 Å². The Morgan fingerprint density at radius 1 is 0.838 bits per heavy atom. The molecule has 4 aromatic rings. The van der Waals surface area contributed by atoms with Gasteiger partial charge < -0.3 is 24.0 Å². The highest BCUT2D eigenvalue weighted by molar-refractivity contribution is 6.07. The molecule has 0 spiro atoms. The second kappa shape index (κ2) is 10.8. The van der Waals surface area contributed by atoms with Gasteiger partial charge in [0.05, 0.1) is 43.3 Å². The molecule has 0 bridgehead atoms. The van der Waals surface area contributed by atoms with Crippen LogP contribution in [0.1, 0.15) is 17.3 Å². The number of carbonyl (C=O) groups excluding carboxylic acids is 1. The molecular formula is C30H31N3O4. The number of carbonyl (C=O) groups is 1. The summed E-state index contributed by atoms with van der Waals surface area (Å²) >= 11 is 0. The Bertz CT molecular complexity index is 1410. The number of ether oxygens (including phenoxy) is 3. The van der Waals surface area contributed by atoms with Crippen LogP contribution < -0.4 is 19.1 Å². The van der Waals surface area contributed by atoms with Crippen molar-refractivity contribution in [1.29, 1.82) is 0 Å². The molecule has 37 heavy (non-hydrogen) atoms. The number of hydrogen-bond acceptors (Lipinski definition) is 6. The molecule has 0 atom stereocenters. The third-order valence-electron chi connectivity index (χ3n) is 6.70. The first-order valence-corrected chi connectivity index (χ1v) is 12.5. The summed E-state index contributed by atoms with van der Waals surface area (Å²) in [5.41, 5.74) is 4.07. The minimum Gasteiger partial charge on any atom is -0.493 e. The van der Waals surface area contributed by atoms with Gasteiger partial charge in [-0.3, -0.25) is 4.79 Å². The first-order chi connectivity index (χ1) is 18.1. The van der Waals surface area contributed by atoms with E-state index in [4.69, 9.17) is 19.2 Å². The second-order valence-corrected chi connectivity index (χ2v) is 8.82. The molecular weight excluding hydrogens is 466 g/mol. The molecule has 1 saturated heterocycles. The lowest BCUT2D eigenvalue weighted by molar-refractivity contribution is 0.0748. The lowest BCUT2D eigenvalue weighted by atomic mass is 10.0. The van der Waals surface area contributed by atoms with Crippen LogP contribution in [0.15, 0.2) is 72.8 Å². The summed E-state index contributed by atoms with van der Waals surface area (Å²) in [7, 11) is 3.22. The molecule has 5 rings (SSSR count). The fraction of sp³-hybridized carbons (Fsp3) is 0.267. The van der Waals surface area contributed by atoms with Crippen LogP contribution in [0.3, 0.4) is 0 Å². The number of fused-ring (bicyclic) bond motifs is 1. The smallest absolute Gasteiger partial charge is 0.254 e. The van der Waals surface area contributed by atoms with Gasteiger partial charge in [-0.25, -0.2) is 4.98 Å². The van der Waals surface area contributed by atoms with Crippen molar-refractivity contribution in [3.05, 3.63) is 78.4 Å². The first kappa shape index (κ1) is 24.4. The Kier molecular flexibility index (Phi) is 7.12. The topological polar surface area (TPSA) is 64.1 Å². The van der Waals surface area contributed by atoms with Gasteiger partial charge in [0.25, 0.3) is 5.91 Å². The van der Waals surface area contributed by atoms with Crippen molar-refractivity contribution < 1.29 is 19.0 Å². The predicted molar refractivity (Wildman–Crippen MR) is 146 cm³/mol. The number of hydrogen-bond donors (Lipinski definition) is 0. The van der Waals surface area contributed by atoms with Gasteiger partial charge in [0.15, 0.2) is 11.5 Å². The van der Waals surface area contributed by atoms with E-state index in [9.17, 15) is 4.79 Å². The van der Waals surface area contributed by atoms with Crippen molar-refractivity contribution >= 4 is 22.5 Å². The average Bonchev–Trinajstić information content (AvgIpc) is 2.96. The normalized spacial score (nSPS) is 13.5. The second-order valence-electron chi connectivity index (χ2n) is 8.82. The Balaban J connectivity index is 1.43. The van der Waals surface area contributed by atoms with Crippen molar-refractivity contribution in [2.24, 2.45) is 0 Å². The Hall–Kier alpha value is -4.26. The number of anilines is 1. The number of amides is 1. The Labute approximate surface area is 217 Å². The number of piperazine rings is 1. The minimum absolute atomic E-state index is 0.0121. The number of nitrogens with zero attached hydrogens (tertiary/aromatic N) is 3. The molecule has 1 aliphatic rings. The molecule has 1 fully saturated rings. The molecule has 0 saturated carbocycles. The largest absolute Gasteiger partial charge is 0.493 e. The van der Waals surface area contributed by atoms with Gasteiger partial charge in [-0.1, -0.05) is 30.3 Å². The van der Waals surface area contributed by atoms with Crippen molar-refractivity contribution in [2.75, 3.05) is 51.9 Å². The summed E-state index contributed by atoms with van der Waals surface area (Å²) in [6, 6.07) is 23.4. The van der Waals surface area contributed by atoms with Gasteiger partial charge in [0.2, 0.25) is 0 Å². The van der Waals surface area contributed by atoms with E-state index >= 15 is 0 Å². The van der Waals surface area contributed by atoms with Crippen LogP contribution >= 0.6 is 0 Å². The minimum atomic E-state index is 0.0121. The first-order valence-electron chi connectivity index (χ1n) is 12.5. The lowest BCUT2D eigenvalue weighted by Gasteiger charge is -2.37. The molecule has 1 aliphatic heterocycles. The summed E-state index contributed by atoms with van der Waals surface area (Å²) in [6.07, 6.45) is 0. The van der Waals surface area contributed by atoms with Crippen LogP contribution in [0.2, 0.25) is 0 Å². The van der Waals surface area contributed by atoms with E-state index in [1.807, 2.05) is 78.6 Å². The monoisotopic (exact) mass is 497 g/mol. The molecule has 7 nitrogen and oxygen atoms in total. The molecule has 190 valence electrons. The van der Waals surface area contributed by atoms with Gasteiger partial charge in [0, 0.05) is 37.1 Å². The molecule has 3 aromatic carbocycles. The van der Waals surface area contributed by atoms with Crippen LogP contribution in [0.5, 0.6) is 17.2 Å². The predicted octanol–water partition coefficient (Wildman–Crippen LogP) is 5.28. The van der Waals surface area contributed by atoms with Gasteiger partial charge in [-0.15, -0.1) is 0 Å². The third-order valence-corrected chi connectivity index (χ3v) is 6.70. The van der Waals surface area contributed by atoms with Gasteiger partial charge in [-0.2, -0.15) is 0 Å². The van der Waals surface area contributed by atoms with E-state index in [1.54, 1.807) is 14.2 Å². The van der Waals surface area contributed by atoms with E-state index in [0.29, 0.717) is 42.5 Å². The number of pyridine rings is 1. The Morgan fingerprint density at radius 3 is 2.32 bits per heavy atom.